The number of aliphatic hydroxyl groups is 3. The number of nitrogens with one attached hydrogen (secondary N) is 2. The highest BCUT2D eigenvalue weighted by Gasteiger charge is 2.29. The minimum absolute atomic E-state index is 0.0685. The summed E-state index contributed by atoms with van der Waals surface area (Å²) in [6, 6.07) is 8.44. The first-order chi connectivity index (χ1) is 21.1. The number of amides is 1. The summed E-state index contributed by atoms with van der Waals surface area (Å²) in [7, 11) is 3.35. The van der Waals surface area contributed by atoms with E-state index < -0.39 is 30.3 Å². The van der Waals surface area contributed by atoms with Crippen molar-refractivity contribution in [2.24, 2.45) is 7.05 Å². The number of carboxylic acid groups (broad SMARTS) is 2. The zero-order valence-electron chi connectivity index (χ0n) is 25.2. The van der Waals surface area contributed by atoms with Crippen LogP contribution in [0.3, 0.4) is 0 Å². The van der Waals surface area contributed by atoms with E-state index >= 15 is 0 Å². The Morgan fingerprint density at radius 2 is 1.71 bits per heavy atom. The van der Waals surface area contributed by atoms with Crippen molar-refractivity contribution in [3.63, 3.8) is 0 Å². The summed E-state index contributed by atoms with van der Waals surface area (Å²) in [6.07, 6.45) is -3.99. The molecule has 0 radical (unpaired) electrons. The van der Waals surface area contributed by atoms with E-state index in [4.69, 9.17) is 29.9 Å². The number of phenols is 1. The van der Waals surface area contributed by atoms with Gasteiger partial charge in [-0.05, 0) is 44.9 Å². The van der Waals surface area contributed by atoms with Crippen molar-refractivity contribution in [3.8, 4) is 17.2 Å². The van der Waals surface area contributed by atoms with Crippen molar-refractivity contribution in [2.75, 3.05) is 25.6 Å². The smallest absolute Gasteiger partial charge is 0.335 e. The van der Waals surface area contributed by atoms with Crippen LogP contribution in [0.15, 0.2) is 35.1 Å². The highest BCUT2D eigenvalue weighted by molar-refractivity contribution is 5.96. The van der Waals surface area contributed by atoms with E-state index in [2.05, 4.69) is 10.6 Å². The van der Waals surface area contributed by atoms with Crippen LogP contribution in [0.5, 0.6) is 17.2 Å². The zero-order valence-corrected chi connectivity index (χ0v) is 25.2. The maximum Gasteiger partial charge on any atom is 0.335 e. The Hall–Kier alpha value is -4.64. The van der Waals surface area contributed by atoms with Gasteiger partial charge >= 0.3 is 17.6 Å². The summed E-state index contributed by atoms with van der Waals surface area (Å²) < 4.78 is 14.2. The molecule has 3 aromatic rings. The maximum atomic E-state index is 12.8. The van der Waals surface area contributed by atoms with Crippen LogP contribution in [0, 0.1) is 0 Å². The molecule has 2 heterocycles. The topological polar surface area (TPSA) is 242 Å². The highest BCUT2D eigenvalue weighted by Crippen LogP contribution is 2.38. The molecule has 1 aromatic heterocycles. The molecular formula is C29H38N4O12. The molecule has 0 spiro atoms. The van der Waals surface area contributed by atoms with Crippen LogP contribution in [-0.2, 0) is 28.0 Å². The van der Waals surface area contributed by atoms with Crippen molar-refractivity contribution < 1.29 is 54.5 Å². The number of methoxy groups -OCH3 is 1. The molecule has 2 aromatic carbocycles. The average Bonchev–Trinajstić information content (AvgIpc) is 3.22. The second kappa shape index (κ2) is 14.4. The van der Waals surface area contributed by atoms with Crippen molar-refractivity contribution in [3.05, 3.63) is 46.4 Å². The lowest BCUT2D eigenvalue weighted by molar-refractivity contribution is -0.165. The van der Waals surface area contributed by atoms with Gasteiger partial charge in [-0.15, -0.1) is 0 Å². The Balaban J connectivity index is 0.000000477. The number of aliphatic carboxylic acids is 2. The Bertz CT molecular complexity index is 1590. The number of fused-ring (bicyclic) bond motifs is 2. The van der Waals surface area contributed by atoms with Gasteiger partial charge in [0.15, 0.2) is 18.8 Å². The summed E-state index contributed by atoms with van der Waals surface area (Å²) in [5, 5.41) is 59.4. The molecule has 2 unspecified atom stereocenters. The fourth-order valence-electron chi connectivity index (χ4n) is 4.71. The van der Waals surface area contributed by atoms with Gasteiger partial charge in [0.2, 0.25) is 0 Å². The summed E-state index contributed by atoms with van der Waals surface area (Å²) in [4.78, 5) is 43.9. The van der Waals surface area contributed by atoms with E-state index in [1.165, 1.54) is 12.1 Å². The van der Waals surface area contributed by atoms with Crippen LogP contribution in [0.2, 0.25) is 0 Å². The Morgan fingerprint density at radius 1 is 1.07 bits per heavy atom. The summed E-state index contributed by atoms with van der Waals surface area (Å²) in [5.74, 6) is -2.85. The van der Waals surface area contributed by atoms with Gasteiger partial charge in [0.25, 0.3) is 5.91 Å². The predicted octanol–water partition coefficient (Wildman–Crippen LogP) is 0.145. The SMILES string of the molecule is COc1ccc2c(c1)n(C)c(=O)n2CCCC(C)(C)NC[C@H](O)c1cc(O)cc2c1OCC(=O)N2.O=C(O)C(O)C(O)C(=O)O. The number of phenolic OH excluding ortho intramolecular Hbond substituents is 1. The molecule has 0 saturated carbocycles. The van der Waals surface area contributed by atoms with Gasteiger partial charge < -0.3 is 50.7 Å². The molecule has 0 bridgehead atoms. The normalized spacial score (nSPS) is 14.7. The monoisotopic (exact) mass is 634 g/mol. The number of benzene rings is 2. The van der Waals surface area contributed by atoms with E-state index in [9.17, 15) is 29.4 Å². The van der Waals surface area contributed by atoms with Gasteiger partial charge in [-0.3, -0.25) is 13.9 Å². The standard InChI is InChI=1S/C25H32N4O6.C4H6O6/c1-25(2,8-5-9-29-19-7-6-16(34-4)12-20(19)28(3)24(29)33)26-13-21(31)17-10-15(30)11-18-23(17)35-14-22(32)27-18;5-1(3(7)8)2(6)4(9)10/h6-7,10-12,21,26,30-31H,5,8-9,13-14H2,1-4H3,(H,27,32);1-2,5-6H,(H,7,8)(H,9,10)/t21-;/m0./s1. The molecule has 4 rings (SSSR count). The molecule has 16 heteroatoms. The highest BCUT2D eigenvalue weighted by atomic mass is 16.5. The van der Waals surface area contributed by atoms with Crippen LogP contribution >= 0.6 is 0 Å². The number of anilines is 1. The second-order valence-corrected chi connectivity index (χ2v) is 11.0. The molecule has 0 aliphatic carbocycles. The summed E-state index contributed by atoms with van der Waals surface area (Å²) in [5.41, 5.74) is 2.02. The first kappa shape index (κ1) is 34.8. The number of aromatic hydroxyl groups is 1. The molecule has 0 saturated heterocycles. The van der Waals surface area contributed by atoms with Gasteiger partial charge in [0.05, 0.1) is 29.9 Å². The number of ether oxygens (including phenoxy) is 2. The van der Waals surface area contributed by atoms with Crippen molar-refractivity contribution in [2.45, 2.75) is 57.1 Å². The Morgan fingerprint density at radius 3 is 2.31 bits per heavy atom. The number of carbonyl (C=O) groups excluding carboxylic acids is 1. The maximum absolute atomic E-state index is 12.8. The lowest BCUT2D eigenvalue weighted by atomic mass is 9.97. The van der Waals surface area contributed by atoms with Crippen LogP contribution in [0.25, 0.3) is 11.0 Å². The molecule has 1 aliphatic heterocycles. The van der Waals surface area contributed by atoms with Crippen LogP contribution in [0.4, 0.5) is 5.69 Å². The molecule has 3 atom stereocenters. The molecule has 1 aliphatic rings. The van der Waals surface area contributed by atoms with E-state index in [1.54, 1.807) is 23.3 Å². The molecule has 16 nitrogen and oxygen atoms in total. The zero-order chi connectivity index (χ0) is 33.6. The molecule has 8 N–H and O–H groups in total. The Kier molecular flexibility index (Phi) is 11.2. The van der Waals surface area contributed by atoms with Gasteiger partial charge in [0.1, 0.15) is 17.2 Å². The van der Waals surface area contributed by atoms with Gasteiger partial charge in [-0.25, -0.2) is 14.4 Å². The quantitative estimate of drug-likeness (QED) is 0.132. The minimum atomic E-state index is -2.27. The first-order valence-corrected chi connectivity index (χ1v) is 13.8. The molecule has 1 amide bonds. The largest absolute Gasteiger partial charge is 0.508 e. The predicted molar refractivity (Wildman–Crippen MR) is 160 cm³/mol. The van der Waals surface area contributed by atoms with Crippen molar-refractivity contribution in [1.29, 1.82) is 0 Å². The molecule has 0 fully saturated rings. The third-order valence-corrected chi connectivity index (χ3v) is 7.20. The number of β-amino-alcohol motifs (C(OH)–C–C–N with tert-alkyl or cyclic N) is 1. The summed E-state index contributed by atoms with van der Waals surface area (Å²) >= 11 is 0. The third-order valence-electron chi connectivity index (χ3n) is 7.20. The van der Waals surface area contributed by atoms with E-state index in [1.807, 2.05) is 32.0 Å². The minimum Gasteiger partial charge on any atom is -0.508 e. The van der Waals surface area contributed by atoms with Crippen molar-refractivity contribution in [1.82, 2.24) is 14.5 Å². The summed E-state index contributed by atoms with van der Waals surface area (Å²) in [6.45, 7) is 4.70. The number of hydrogen-bond acceptors (Lipinski definition) is 11. The van der Waals surface area contributed by atoms with Crippen molar-refractivity contribution >= 4 is 34.6 Å². The number of nitrogens with zero attached hydrogens (tertiary/aromatic N) is 2. The number of aromatic nitrogens is 2. The number of carboxylic acids is 2. The van der Waals surface area contributed by atoms with Crippen LogP contribution < -0.4 is 25.8 Å². The second-order valence-electron chi connectivity index (χ2n) is 11.0. The number of aliphatic hydroxyl groups excluding tert-OH is 3. The molecular weight excluding hydrogens is 596 g/mol. The number of hydrogen-bond donors (Lipinski definition) is 8. The average molecular weight is 635 g/mol. The number of aryl methyl sites for hydroxylation is 2. The lowest BCUT2D eigenvalue weighted by Crippen LogP contribution is -2.42. The first-order valence-electron chi connectivity index (χ1n) is 13.8. The van der Waals surface area contributed by atoms with Gasteiger partial charge in [0, 0.05) is 43.4 Å². The fraction of sp³-hybridized carbons (Fsp3) is 0.448. The lowest BCUT2D eigenvalue weighted by Gasteiger charge is -2.29. The fourth-order valence-corrected chi connectivity index (χ4v) is 4.71. The van der Waals surface area contributed by atoms with Crippen LogP contribution in [0.1, 0.15) is 38.4 Å². The van der Waals surface area contributed by atoms with E-state index in [-0.39, 0.29) is 36.0 Å². The third kappa shape index (κ3) is 8.51. The number of imidazole rings is 1. The van der Waals surface area contributed by atoms with E-state index in [0.717, 1.165) is 23.9 Å². The van der Waals surface area contributed by atoms with Gasteiger partial charge in [-0.1, -0.05) is 0 Å². The molecule has 246 valence electrons. The van der Waals surface area contributed by atoms with Gasteiger partial charge in [-0.2, -0.15) is 0 Å². The number of carbonyl (C=O) groups is 3. The molecule has 45 heavy (non-hydrogen) atoms. The Labute approximate surface area is 257 Å². The van der Waals surface area contributed by atoms with Crippen LogP contribution in [-0.4, -0.2) is 95.6 Å². The van der Waals surface area contributed by atoms with E-state index in [0.29, 0.717) is 29.3 Å². The number of rotatable bonds is 12.